The fraction of sp³-hybridized carbons (Fsp3) is 0.375. The largest absolute Gasteiger partial charge is 0.423 e. The Morgan fingerprint density at radius 3 is 2.76 bits per heavy atom. The number of amides is 1. The minimum Gasteiger partial charge on any atom is -0.423 e. The number of carbonyl (C=O) groups is 1. The fourth-order valence-corrected chi connectivity index (χ4v) is 2.61. The van der Waals surface area contributed by atoms with Gasteiger partial charge in [-0.25, -0.2) is 0 Å². The molecule has 0 bridgehead atoms. The smallest absolute Gasteiger partial charge is 0.251 e. The molecule has 128 valence electrons. The topological polar surface area (TPSA) is 112 Å². The second-order valence-corrected chi connectivity index (χ2v) is 6.05. The molecular formula is C16H17N7O2. The zero-order chi connectivity index (χ0) is 17.2. The van der Waals surface area contributed by atoms with Crippen LogP contribution in [0.5, 0.6) is 0 Å². The Balaban J connectivity index is 1.49. The summed E-state index contributed by atoms with van der Waals surface area (Å²) in [6.45, 7) is 1.97. The Morgan fingerprint density at radius 1 is 1.28 bits per heavy atom. The summed E-state index contributed by atoms with van der Waals surface area (Å²) in [6, 6.07) is 8.86. The Kier molecular flexibility index (Phi) is 3.96. The van der Waals surface area contributed by atoms with Crippen molar-refractivity contribution in [2.45, 2.75) is 32.4 Å². The van der Waals surface area contributed by atoms with Crippen molar-refractivity contribution in [1.82, 2.24) is 35.7 Å². The monoisotopic (exact) mass is 339 g/mol. The quantitative estimate of drug-likeness (QED) is 0.720. The second kappa shape index (κ2) is 6.42. The molecule has 9 nitrogen and oxygen atoms in total. The predicted molar refractivity (Wildman–Crippen MR) is 85.3 cm³/mol. The van der Waals surface area contributed by atoms with Gasteiger partial charge in [-0.1, -0.05) is 18.2 Å². The lowest BCUT2D eigenvalue weighted by atomic mass is 10.1. The zero-order valence-electron chi connectivity index (χ0n) is 13.7. The molecular weight excluding hydrogens is 322 g/mol. The van der Waals surface area contributed by atoms with Gasteiger partial charge < -0.3 is 9.73 Å². The molecule has 4 rings (SSSR count). The molecule has 1 fully saturated rings. The minimum atomic E-state index is -0.245. The van der Waals surface area contributed by atoms with Crippen molar-refractivity contribution < 1.29 is 9.21 Å². The van der Waals surface area contributed by atoms with Crippen LogP contribution in [0.2, 0.25) is 0 Å². The van der Waals surface area contributed by atoms with Crippen LogP contribution in [-0.4, -0.2) is 36.3 Å². The van der Waals surface area contributed by atoms with Gasteiger partial charge in [-0.15, -0.1) is 20.4 Å². The average molecular weight is 339 g/mol. The molecule has 0 spiro atoms. The van der Waals surface area contributed by atoms with Crippen LogP contribution < -0.4 is 5.32 Å². The van der Waals surface area contributed by atoms with Crippen molar-refractivity contribution in [1.29, 1.82) is 0 Å². The van der Waals surface area contributed by atoms with Crippen LogP contribution in [-0.2, 0) is 6.54 Å². The number of carbonyl (C=O) groups excluding carboxylic acids is 1. The van der Waals surface area contributed by atoms with Gasteiger partial charge in [-0.2, -0.15) is 4.80 Å². The van der Waals surface area contributed by atoms with Crippen molar-refractivity contribution in [3.8, 4) is 0 Å². The van der Waals surface area contributed by atoms with E-state index in [2.05, 4.69) is 30.9 Å². The third kappa shape index (κ3) is 3.54. The number of hydrogen-bond donors (Lipinski definition) is 1. The summed E-state index contributed by atoms with van der Waals surface area (Å²) in [4.78, 5) is 13.8. The van der Waals surface area contributed by atoms with Crippen molar-refractivity contribution in [3.05, 3.63) is 53.5 Å². The first-order valence-electron chi connectivity index (χ1n) is 8.11. The van der Waals surface area contributed by atoms with Gasteiger partial charge in [0.2, 0.25) is 11.8 Å². The highest BCUT2D eigenvalue weighted by molar-refractivity contribution is 5.94. The number of nitrogens with zero attached hydrogens (tertiary/aromatic N) is 6. The van der Waals surface area contributed by atoms with E-state index in [9.17, 15) is 4.79 Å². The summed E-state index contributed by atoms with van der Waals surface area (Å²) < 4.78 is 5.32. The van der Waals surface area contributed by atoms with Crippen LogP contribution in [0, 0.1) is 12.8 Å². The van der Waals surface area contributed by atoms with Crippen LogP contribution in [0.1, 0.15) is 46.8 Å². The van der Waals surface area contributed by atoms with Gasteiger partial charge in [-0.05, 0) is 36.1 Å². The van der Waals surface area contributed by atoms with Crippen LogP contribution in [0.15, 0.2) is 34.7 Å². The van der Waals surface area contributed by atoms with Crippen LogP contribution in [0.3, 0.4) is 0 Å². The van der Waals surface area contributed by atoms with Gasteiger partial charge >= 0.3 is 0 Å². The Morgan fingerprint density at radius 2 is 2.08 bits per heavy atom. The van der Waals surface area contributed by atoms with Crippen LogP contribution >= 0.6 is 0 Å². The van der Waals surface area contributed by atoms with E-state index in [0.717, 1.165) is 12.8 Å². The third-order valence-corrected chi connectivity index (χ3v) is 4.01. The molecule has 1 aliphatic rings. The van der Waals surface area contributed by atoms with E-state index < -0.39 is 0 Å². The molecule has 1 atom stereocenters. The maximum atomic E-state index is 12.4. The highest BCUT2D eigenvalue weighted by Gasteiger charge is 2.36. The molecule has 1 saturated carbocycles. The highest BCUT2D eigenvalue weighted by atomic mass is 16.4. The van der Waals surface area contributed by atoms with E-state index in [1.165, 1.54) is 4.80 Å². The lowest BCUT2D eigenvalue weighted by Crippen LogP contribution is -2.30. The van der Waals surface area contributed by atoms with E-state index >= 15 is 0 Å². The first-order valence-corrected chi connectivity index (χ1v) is 8.11. The van der Waals surface area contributed by atoms with Gasteiger partial charge in [0.05, 0.1) is 6.04 Å². The second-order valence-electron chi connectivity index (χ2n) is 6.05. The molecule has 1 aliphatic carbocycles. The number of aryl methyl sites for hydroxylation is 1. The lowest BCUT2D eigenvalue weighted by molar-refractivity contribution is 0.0929. The minimum absolute atomic E-state index is 0.138. The molecule has 0 unspecified atom stereocenters. The first-order chi connectivity index (χ1) is 12.2. The van der Waals surface area contributed by atoms with E-state index in [1.54, 1.807) is 19.1 Å². The fourth-order valence-electron chi connectivity index (χ4n) is 2.61. The molecule has 0 aliphatic heterocycles. The van der Waals surface area contributed by atoms with Crippen LogP contribution in [0.4, 0.5) is 0 Å². The predicted octanol–water partition coefficient (Wildman–Crippen LogP) is 1.29. The summed E-state index contributed by atoms with van der Waals surface area (Å²) in [5.41, 5.74) is 0.613. The molecule has 25 heavy (non-hydrogen) atoms. The molecule has 2 aromatic heterocycles. The number of benzene rings is 1. The number of hydrogen-bond acceptors (Lipinski definition) is 7. The first kappa shape index (κ1) is 15.4. The van der Waals surface area contributed by atoms with E-state index in [1.807, 2.05) is 18.2 Å². The molecule has 9 heteroatoms. The Bertz CT molecular complexity index is 870. The Hall–Kier alpha value is -3.10. The number of nitrogens with one attached hydrogen (secondary N) is 1. The van der Waals surface area contributed by atoms with Crippen molar-refractivity contribution in [2.75, 3.05) is 0 Å². The summed E-state index contributed by atoms with van der Waals surface area (Å²) in [7, 11) is 0. The molecule has 2 heterocycles. The molecule has 1 amide bonds. The summed E-state index contributed by atoms with van der Waals surface area (Å²) >= 11 is 0. The van der Waals surface area contributed by atoms with Gasteiger partial charge in [-0.3, -0.25) is 4.79 Å². The summed E-state index contributed by atoms with van der Waals surface area (Å²) in [6.07, 6.45) is 2.08. The van der Waals surface area contributed by atoms with E-state index in [0.29, 0.717) is 29.1 Å². The molecule has 3 aromatic rings. The van der Waals surface area contributed by atoms with E-state index in [-0.39, 0.29) is 18.5 Å². The van der Waals surface area contributed by atoms with Gasteiger partial charge in [0.25, 0.3) is 5.91 Å². The normalized spacial score (nSPS) is 15.1. The van der Waals surface area contributed by atoms with Crippen molar-refractivity contribution in [2.24, 2.45) is 5.92 Å². The zero-order valence-corrected chi connectivity index (χ0v) is 13.7. The molecule has 1 N–H and O–H groups in total. The SMILES string of the molecule is Cc1nnc(Cn2nnc([C@@H](NC(=O)c3ccccc3)C3CC3)n2)o1. The number of aromatic nitrogens is 6. The number of rotatable bonds is 6. The maximum absolute atomic E-state index is 12.4. The standard InChI is InChI=1S/C16H17N7O2/c1-10-18-19-13(25-10)9-23-21-15(20-22-23)14(11-7-8-11)17-16(24)12-5-3-2-4-6-12/h2-6,11,14H,7-9H2,1H3,(H,17,24)/t14-/m0/s1. The molecule has 0 radical (unpaired) electrons. The average Bonchev–Trinajstić information content (AvgIpc) is 3.23. The van der Waals surface area contributed by atoms with Gasteiger partial charge in [0.1, 0.15) is 6.54 Å². The Labute approximate surface area is 143 Å². The lowest BCUT2D eigenvalue weighted by Gasteiger charge is -2.14. The van der Waals surface area contributed by atoms with Gasteiger partial charge in [0, 0.05) is 12.5 Å². The molecule has 1 aromatic carbocycles. The van der Waals surface area contributed by atoms with Gasteiger partial charge in [0.15, 0.2) is 5.82 Å². The summed E-state index contributed by atoms with van der Waals surface area (Å²) in [5.74, 6) is 1.61. The van der Waals surface area contributed by atoms with Crippen molar-refractivity contribution >= 4 is 5.91 Å². The van der Waals surface area contributed by atoms with E-state index in [4.69, 9.17) is 4.42 Å². The van der Waals surface area contributed by atoms with Crippen molar-refractivity contribution in [3.63, 3.8) is 0 Å². The van der Waals surface area contributed by atoms with Crippen LogP contribution in [0.25, 0.3) is 0 Å². The number of tetrazole rings is 1. The third-order valence-electron chi connectivity index (χ3n) is 4.01. The molecule has 0 saturated heterocycles. The highest BCUT2D eigenvalue weighted by Crippen LogP contribution is 2.39. The summed E-state index contributed by atoms with van der Waals surface area (Å²) in [5, 5.41) is 23.2. The maximum Gasteiger partial charge on any atom is 0.251 e.